The molecule has 2 aromatic rings. The van der Waals surface area contributed by atoms with Gasteiger partial charge in [0.1, 0.15) is 0 Å². The Bertz CT molecular complexity index is 555. The van der Waals surface area contributed by atoms with Crippen LogP contribution in [0.5, 0.6) is 0 Å². The number of hydrazine groups is 1. The van der Waals surface area contributed by atoms with Gasteiger partial charge in [-0.05, 0) is 42.7 Å². The van der Waals surface area contributed by atoms with Gasteiger partial charge in [-0.15, -0.1) is 0 Å². The summed E-state index contributed by atoms with van der Waals surface area (Å²) in [6.45, 7) is 2.92. The number of halogens is 2. The third-order valence-corrected chi connectivity index (χ3v) is 3.94. The van der Waals surface area contributed by atoms with Crippen molar-refractivity contribution < 1.29 is 0 Å². The maximum absolute atomic E-state index is 6.04. The van der Waals surface area contributed by atoms with Crippen LogP contribution in [0.3, 0.4) is 0 Å². The lowest BCUT2D eigenvalue weighted by atomic mass is 10.0. The molecule has 0 aliphatic heterocycles. The number of aryl methyl sites for hydroxylation is 1. The summed E-state index contributed by atoms with van der Waals surface area (Å²) in [4.78, 5) is 0. The van der Waals surface area contributed by atoms with Crippen molar-refractivity contribution in [2.24, 2.45) is 5.84 Å². The average molecular weight is 344 g/mol. The number of benzene rings is 1. The highest BCUT2D eigenvalue weighted by Crippen LogP contribution is 2.28. The third-order valence-electron chi connectivity index (χ3n) is 2.99. The molecule has 102 valence electrons. The van der Waals surface area contributed by atoms with Crippen LogP contribution in [0.15, 0.2) is 35.1 Å². The highest BCUT2D eigenvalue weighted by atomic mass is 79.9. The lowest BCUT2D eigenvalue weighted by Gasteiger charge is -2.17. The van der Waals surface area contributed by atoms with E-state index < -0.39 is 0 Å². The zero-order valence-electron chi connectivity index (χ0n) is 10.6. The van der Waals surface area contributed by atoms with E-state index in [1.807, 2.05) is 35.3 Å². The second kappa shape index (κ2) is 6.52. The lowest BCUT2D eigenvalue weighted by Crippen LogP contribution is -2.29. The fraction of sp³-hybridized carbons (Fsp3) is 0.308. The number of nitrogens with zero attached hydrogens (tertiary/aromatic N) is 2. The Kier molecular flexibility index (Phi) is 4.99. The lowest BCUT2D eigenvalue weighted by molar-refractivity contribution is 0.549. The van der Waals surface area contributed by atoms with E-state index in [0.29, 0.717) is 5.02 Å². The van der Waals surface area contributed by atoms with Crippen molar-refractivity contribution in [3.63, 3.8) is 0 Å². The molecule has 0 radical (unpaired) electrons. The number of hydrogen-bond acceptors (Lipinski definition) is 3. The molecule has 1 unspecified atom stereocenters. The van der Waals surface area contributed by atoms with Crippen molar-refractivity contribution >= 4 is 27.5 Å². The first-order valence-electron chi connectivity index (χ1n) is 6.06. The van der Waals surface area contributed by atoms with E-state index in [9.17, 15) is 0 Å². The second-order valence-corrected chi connectivity index (χ2v) is 5.58. The van der Waals surface area contributed by atoms with Crippen LogP contribution in [-0.4, -0.2) is 9.78 Å². The molecule has 1 aromatic carbocycles. The number of aromatic nitrogens is 2. The van der Waals surface area contributed by atoms with E-state index in [-0.39, 0.29) is 6.04 Å². The van der Waals surface area contributed by atoms with Gasteiger partial charge in [0.15, 0.2) is 0 Å². The van der Waals surface area contributed by atoms with E-state index in [0.717, 1.165) is 28.6 Å². The van der Waals surface area contributed by atoms with Crippen molar-refractivity contribution in [2.45, 2.75) is 25.9 Å². The molecule has 0 saturated heterocycles. The maximum Gasteiger partial charge on any atom is 0.0522 e. The Balaban J connectivity index is 2.22. The molecule has 1 heterocycles. The summed E-state index contributed by atoms with van der Waals surface area (Å²) in [6.07, 6.45) is 4.66. The SMILES string of the molecule is CCn1cc(CC(NN)c2cc(Cl)ccc2Br)cn1. The number of nitrogens with one attached hydrogen (secondary N) is 1. The summed E-state index contributed by atoms with van der Waals surface area (Å²) in [5.74, 6) is 5.67. The van der Waals surface area contributed by atoms with Crippen LogP contribution in [0.1, 0.15) is 24.1 Å². The molecule has 2 rings (SSSR count). The monoisotopic (exact) mass is 342 g/mol. The second-order valence-electron chi connectivity index (χ2n) is 4.29. The van der Waals surface area contributed by atoms with Crippen LogP contribution in [0.2, 0.25) is 5.02 Å². The van der Waals surface area contributed by atoms with Crippen LogP contribution in [0.25, 0.3) is 0 Å². The smallest absolute Gasteiger partial charge is 0.0522 e. The predicted molar refractivity (Wildman–Crippen MR) is 80.8 cm³/mol. The van der Waals surface area contributed by atoms with E-state index in [1.165, 1.54) is 0 Å². The highest BCUT2D eigenvalue weighted by molar-refractivity contribution is 9.10. The molecular formula is C13H16BrClN4. The van der Waals surface area contributed by atoms with Crippen LogP contribution in [0, 0.1) is 0 Å². The first kappa shape index (κ1) is 14.5. The summed E-state index contributed by atoms with van der Waals surface area (Å²) in [6, 6.07) is 5.68. The summed E-state index contributed by atoms with van der Waals surface area (Å²) in [5, 5.41) is 4.96. The molecule has 0 spiro atoms. The van der Waals surface area contributed by atoms with Crippen LogP contribution >= 0.6 is 27.5 Å². The van der Waals surface area contributed by atoms with E-state index in [4.69, 9.17) is 17.4 Å². The Hall–Kier alpha value is -0.880. The summed E-state index contributed by atoms with van der Waals surface area (Å²) in [5.41, 5.74) is 5.01. The summed E-state index contributed by atoms with van der Waals surface area (Å²) >= 11 is 9.57. The average Bonchev–Trinajstić information content (AvgIpc) is 2.87. The number of nitrogens with two attached hydrogens (primary N) is 1. The fourth-order valence-electron chi connectivity index (χ4n) is 1.96. The largest absolute Gasteiger partial charge is 0.273 e. The maximum atomic E-state index is 6.04. The standard InChI is InChI=1S/C13H16BrClN4/c1-2-19-8-9(7-17-19)5-13(18-16)11-6-10(15)3-4-12(11)14/h3-4,6-8,13,18H,2,5,16H2,1H3. The van der Waals surface area contributed by atoms with Gasteiger partial charge in [0.05, 0.1) is 12.2 Å². The molecule has 6 heteroatoms. The van der Waals surface area contributed by atoms with E-state index in [1.54, 1.807) is 0 Å². The Labute approximate surface area is 126 Å². The van der Waals surface area contributed by atoms with Gasteiger partial charge in [0.25, 0.3) is 0 Å². The summed E-state index contributed by atoms with van der Waals surface area (Å²) in [7, 11) is 0. The zero-order valence-corrected chi connectivity index (χ0v) is 12.9. The molecule has 0 aliphatic carbocycles. The molecule has 0 aliphatic rings. The van der Waals surface area contributed by atoms with Crippen LogP contribution in [-0.2, 0) is 13.0 Å². The van der Waals surface area contributed by atoms with Gasteiger partial charge >= 0.3 is 0 Å². The van der Waals surface area contributed by atoms with Gasteiger partial charge in [-0.25, -0.2) is 0 Å². The molecular weight excluding hydrogens is 328 g/mol. The quantitative estimate of drug-likeness (QED) is 0.648. The molecule has 1 aromatic heterocycles. The van der Waals surface area contributed by atoms with Gasteiger partial charge in [0.2, 0.25) is 0 Å². The zero-order chi connectivity index (χ0) is 13.8. The minimum atomic E-state index is -0.0115. The molecule has 0 bridgehead atoms. The molecule has 1 atom stereocenters. The Morgan fingerprint density at radius 3 is 2.95 bits per heavy atom. The number of hydrogen-bond donors (Lipinski definition) is 2. The molecule has 19 heavy (non-hydrogen) atoms. The van der Waals surface area contributed by atoms with Crippen LogP contribution in [0.4, 0.5) is 0 Å². The van der Waals surface area contributed by atoms with E-state index in [2.05, 4.69) is 33.4 Å². The number of rotatable bonds is 5. The Morgan fingerprint density at radius 1 is 1.53 bits per heavy atom. The first-order valence-corrected chi connectivity index (χ1v) is 7.23. The normalized spacial score (nSPS) is 12.6. The first-order chi connectivity index (χ1) is 9.13. The molecule has 0 amide bonds. The van der Waals surface area contributed by atoms with Crippen molar-refractivity contribution in [3.8, 4) is 0 Å². The summed E-state index contributed by atoms with van der Waals surface area (Å²) < 4.78 is 2.89. The van der Waals surface area contributed by atoms with Crippen molar-refractivity contribution in [3.05, 3.63) is 51.2 Å². The third kappa shape index (κ3) is 3.57. The van der Waals surface area contributed by atoms with Crippen molar-refractivity contribution in [1.29, 1.82) is 0 Å². The van der Waals surface area contributed by atoms with Gasteiger partial charge in [-0.3, -0.25) is 16.0 Å². The van der Waals surface area contributed by atoms with Crippen molar-refractivity contribution in [1.82, 2.24) is 15.2 Å². The molecule has 0 fully saturated rings. The van der Waals surface area contributed by atoms with E-state index >= 15 is 0 Å². The van der Waals surface area contributed by atoms with Gasteiger partial charge in [-0.2, -0.15) is 5.10 Å². The fourth-order valence-corrected chi connectivity index (χ4v) is 2.66. The minimum Gasteiger partial charge on any atom is -0.273 e. The molecule has 3 N–H and O–H groups in total. The Morgan fingerprint density at radius 2 is 2.32 bits per heavy atom. The van der Waals surface area contributed by atoms with Gasteiger partial charge in [-0.1, -0.05) is 27.5 Å². The molecule has 0 saturated carbocycles. The van der Waals surface area contributed by atoms with Gasteiger partial charge in [0, 0.05) is 22.2 Å². The van der Waals surface area contributed by atoms with Crippen LogP contribution < -0.4 is 11.3 Å². The van der Waals surface area contributed by atoms with Gasteiger partial charge < -0.3 is 0 Å². The predicted octanol–water partition coefficient (Wildman–Crippen LogP) is 3.07. The van der Waals surface area contributed by atoms with Crippen molar-refractivity contribution in [2.75, 3.05) is 0 Å². The minimum absolute atomic E-state index is 0.0115. The highest BCUT2D eigenvalue weighted by Gasteiger charge is 2.15. The molecule has 4 nitrogen and oxygen atoms in total. The topological polar surface area (TPSA) is 55.9 Å².